The number of carbonyl (C=O) groups is 3. The maximum atomic E-state index is 11.5. The number of nitrogens with two attached hydrogens (primary N) is 2. The van der Waals surface area contributed by atoms with E-state index in [2.05, 4.69) is 77.5 Å². The third-order valence-electron chi connectivity index (χ3n) is 11.3. The highest BCUT2D eigenvalue weighted by Crippen LogP contribution is 2.24. The van der Waals surface area contributed by atoms with Crippen LogP contribution in [0.2, 0.25) is 0 Å². The molecule has 0 spiro atoms. The molecule has 410 valence electrons. The number of ether oxygens (including phenoxy) is 2. The number of hydrogen-bond donors (Lipinski definition) is 4. The van der Waals surface area contributed by atoms with Gasteiger partial charge in [-0.2, -0.15) is 0 Å². The second-order valence-electron chi connectivity index (χ2n) is 19.1. The van der Waals surface area contributed by atoms with Gasteiger partial charge in [0.25, 0.3) is 0 Å². The van der Waals surface area contributed by atoms with Gasteiger partial charge in [-0.1, -0.05) is 182 Å². The Labute approximate surface area is 432 Å². The molecule has 0 saturated heterocycles. The van der Waals surface area contributed by atoms with Crippen LogP contribution in [-0.2, 0) is 14.4 Å². The molecule has 0 aliphatic heterocycles. The Morgan fingerprint density at radius 2 is 1.13 bits per heavy atom. The van der Waals surface area contributed by atoms with Crippen LogP contribution in [0.25, 0.3) is 0 Å². The molecular formula is C60H114N4O6. The van der Waals surface area contributed by atoms with Crippen LogP contribution in [0.15, 0.2) is 48.0 Å². The summed E-state index contributed by atoms with van der Waals surface area (Å²) >= 11 is 0. The standard InChI is InChI=1S/C18H30N4O3.C18H34O.C10H18O.C9H20.C5H12O/c1-13(2)6-9-25-15-5-4-14(17(10-15)24-3)12-21-7-8-22-18(23)16(20)11-19;1-2-3-4-5-6-7-8-9-10-11-12-13-14-15-16-17-18-19;1-2-3-4-5-6-7-8-9-10-11;1-3-5-7-9-8-6-4-2;1-5(2)3-4-6/h4-5,10,12-13,16H,6-9,11,19-20H2,1-3H3,(H,22,23);9-10,18H,2-8,11-17H2,1H3;2,10H,1,3-9H2;3-9H2,1-2H3;5-6H,3-4H2,1-2H3/b;10-9-;;;. The summed E-state index contributed by atoms with van der Waals surface area (Å²) in [5.74, 6) is 2.46. The lowest BCUT2D eigenvalue weighted by atomic mass is 10.1. The molecule has 0 aliphatic rings. The van der Waals surface area contributed by atoms with Crippen molar-refractivity contribution in [2.45, 2.75) is 247 Å². The summed E-state index contributed by atoms with van der Waals surface area (Å²) in [5, 5.41) is 10.9. The van der Waals surface area contributed by atoms with E-state index < -0.39 is 6.04 Å². The summed E-state index contributed by atoms with van der Waals surface area (Å²) in [6, 6.07) is 4.97. The van der Waals surface area contributed by atoms with Crippen LogP contribution < -0.4 is 26.3 Å². The first-order valence-electron chi connectivity index (χ1n) is 28.3. The highest BCUT2D eigenvalue weighted by Gasteiger charge is 2.09. The Morgan fingerprint density at radius 1 is 0.686 bits per heavy atom. The van der Waals surface area contributed by atoms with Crippen molar-refractivity contribution in [2.24, 2.45) is 28.3 Å². The van der Waals surface area contributed by atoms with Gasteiger partial charge in [0.15, 0.2) is 0 Å². The zero-order valence-corrected chi connectivity index (χ0v) is 47.0. The van der Waals surface area contributed by atoms with E-state index in [1.54, 1.807) is 13.3 Å². The van der Waals surface area contributed by atoms with Gasteiger partial charge in [0.2, 0.25) is 5.91 Å². The van der Waals surface area contributed by atoms with Crippen molar-refractivity contribution in [1.29, 1.82) is 0 Å². The zero-order chi connectivity index (χ0) is 53.0. The van der Waals surface area contributed by atoms with Crippen molar-refractivity contribution in [3.05, 3.63) is 48.6 Å². The summed E-state index contributed by atoms with van der Waals surface area (Å²) in [6.45, 7) is 21.0. The summed E-state index contributed by atoms with van der Waals surface area (Å²) in [4.78, 5) is 35.8. The number of benzene rings is 1. The van der Waals surface area contributed by atoms with Crippen LogP contribution in [0, 0.1) is 11.8 Å². The highest BCUT2D eigenvalue weighted by molar-refractivity contribution is 5.84. The Hall–Kier alpha value is -3.34. The third kappa shape index (κ3) is 62.7. The number of aliphatic hydroxyl groups excluding tert-OH is 1. The minimum absolute atomic E-state index is 0.123. The maximum absolute atomic E-state index is 11.5. The van der Waals surface area contributed by atoms with Crippen LogP contribution in [0.4, 0.5) is 0 Å². The fourth-order valence-corrected chi connectivity index (χ4v) is 6.58. The lowest BCUT2D eigenvalue weighted by Gasteiger charge is -2.11. The van der Waals surface area contributed by atoms with Gasteiger partial charge in [0.1, 0.15) is 24.1 Å². The molecule has 0 radical (unpaired) electrons. The fourth-order valence-electron chi connectivity index (χ4n) is 6.58. The predicted octanol–water partition coefficient (Wildman–Crippen LogP) is 15.0. The Kier molecular flexibility index (Phi) is 66.6. The van der Waals surface area contributed by atoms with E-state index in [0.717, 1.165) is 68.8 Å². The lowest BCUT2D eigenvalue weighted by molar-refractivity contribution is -0.122. The molecule has 0 saturated carbocycles. The Bertz CT molecular complexity index is 1270. The van der Waals surface area contributed by atoms with E-state index in [-0.39, 0.29) is 12.5 Å². The fraction of sp³-hybridized carbons (Fsp3) is 0.767. The highest BCUT2D eigenvalue weighted by atomic mass is 16.5. The number of rotatable bonds is 42. The summed E-state index contributed by atoms with van der Waals surface area (Å²) in [7, 11) is 1.61. The topological polar surface area (TPSA) is 166 Å². The van der Waals surface area contributed by atoms with Gasteiger partial charge in [-0.05, 0) is 88.2 Å². The molecule has 0 aliphatic carbocycles. The first-order chi connectivity index (χ1) is 34.0. The van der Waals surface area contributed by atoms with E-state index in [9.17, 15) is 14.4 Å². The number of amides is 1. The normalized spacial score (nSPS) is 11.1. The number of allylic oxidation sites excluding steroid dienone is 3. The molecule has 1 aromatic rings. The van der Waals surface area contributed by atoms with E-state index >= 15 is 0 Å². The average molecular weight is 988 g/mol. The first kappa shape index (κ1) is 73.2. The lowest BCUT2D eigenvalue weighted by Crippen LogP contribution is -2.45. The van der Waals surface area contributed by atoms with Crippen LogP contribution >= 0.6 is 0 Å². The average Bonchev–Trinajstić information content (AvgIpc) is 3.35. The van der Waals surface area contributed by atoms with E-state index in [0.29, 0.717) is 43.9 Å². The van der Waals surface area contributed by atoms with Gasteiger partial charge in [-0.25, -0.2) is 0 Å². The molecule has 1 rings (SSSR count). The van der Waals surface area contributed by atoms with E-state index in [1.165, 1.54) is 148 Å². The van der Waals surface area contributed by atoms with Gasteiger partial charge in [0.05, 0.1) is 26.3 Å². The number of aldehydes is 2. The van der Waals surface area contributed by atoms with Crippen molar-refractivity contribution in [1.82, 2.24) is 5.32 Å². The SMILES string of the molecule is C=CCCCCCCCC=O.CC(C)CCO.CCCCCCCC/C=C\CCCCCCCC=O.CCCCCCCCC.COc1cc(OCCC(C)C)ccc1C=NCCNC(=O)C(N)CN. The number of carbonyl (C=O) groups excluding carboxylic acids is 3. The molecule has 1 amide bonds. The Balaban J connectivity index is -0.000000425. The van der Waals surface area contributed by atoms with Crippen molar-refractivity contribution in [3.63, 3.8) is 0 Å². The minimum atomic E-state index is -0.674. The smallest absolute Gasteiger partial charge is 0.238 e. The van der Waals surface area contributed by atoms with Crippen molar-refractivity contribution in [2.75, 3.05) is 40.0 Å². The number of aliphatic imine (C=N–C) groups is 1. The molecule has 70 heavy (non-hydrogen) atoms. The van der Waals surface area contributed by atoms with Crippen LogP contribution in [0.5, 0.6) is 11.5 Å². The van der Waals surface area contributed by atoms with Crippen molar-refractivity contribution in [3.8, 4) is 11.5 Å². The largest absolute Gasteiger partial charge is 0.496 e. The molecule has 0 heterocycles. The molecule has 10 heteroatoms. The molecule has 1 unspecified atom stereocenters. The van der Waals surface area contributed by atoms with Crippen LogP contribution in [-0.4, -0.2) is 75.8 Å². The number of hydrogen-bond acceptors (Lipinski definition) is 9. The summed E-state index contributed by atoms with van der Waals surface area (Å²) < 4.78 is 11.1. The zero-order valence-electron chi connectivity index (χ0n) is 47.0. The van der Waals surface area contributed by atoms with E-state index in [4.69, 9.17) is 26.0 Å². The van der Waals surface area contributed by atoms with Gasteiger partial charge in [-0.3, -0.25) is 9.79 Å². The number of nitrogens with zero attached hydrogens (tertiary/aromatic N) is 1. The Morgan fingerprint density at radius 3 is 1.51 bits per heavy atom. The molecular weight excluding hydrogens is 873 g/mol. The van der Waals surface area contributed by atoms with Gasteiger partial charge >= 0.3 is 0 Å². The molecule has 6 N–H and O–H groups in total. The summed E-state index contributed by atoms with van der Waals surface area (Å²) in [5.41, 5.74) is 11.7. The first-order valence-corrected chi connectivity index (χ1v) is 28.3. The third-order valence-corrected chi connectivity index (χ3v) is 11.3. The second kappa shape index (κ2) is 63.7. The van der Waals surface area contributed by atoms with Gasteiger partial charge in [0, 0.05) is 50.4 Å². The molecule has 0 fully saturated rings. The minimum Gasteiger partial charge on any atom is -0.496 e. The van der Waals surface area contributed by atoms with E-state index in [1.807, 2.05) is 24.3 Å². The summed E-state index contributed by atoms with van der Waals surface area (Å²) in [6.07, 6.45) is 48.1. The molecule has 0 aromatic heterocycles. The number of unbranched alkanes of at least 4 members (excludes halogenated alkanes) is 24. The van der Waals surface area contributed by atoms with Gasteiger partial charge in [-0.15, -0.1) is 6.58 Å². The number of methoxy groups -OCH3 is 1. The molecule has 1 atom stereocenters. The van der Waals surface area contributed by atoms with Crippen LogP contribution in [0.3, 0.4) is 0 Å². The van der Waals surface area contributed by atoms with Crippen molar-refractivity contribution < 1.29 is 29.0 Å². The monoisotopic (exact) mass is 987 g/mol. The van der Waals surface area contributed by atoms with Gasteiger partial charge < -0.3 is 41.0 Å². The van der Waals surface area contributed by atoms with Crippen LogP contribution in [0.1, 0.15) is 247 Å². The van der Waals surface area contributed by atoms with Crippen molar-refractivity contribution >= 4 is 24.7 Å². The molecule has 1 aromatic carbocycles. The molecule has 10 nitrogen and oxygen atoms in total. The second-order valence-corrected chi connectivity index (χ2v) is 19.1. The predicted molar refractivity (Wildman–Crippen MR) is 305 cm³/mol. The maximum Gasteiger partial charge on any atom is 0.238 e. The number of aliphatic hydroxyl groups is 1. The number of nitrogens with one attached hydrogen (secondary N) is 1. The molecule has 0 bridgehead atoms. The quantitative estimate of drug-likeness (QED) is 0.0217.